The van der Waals surface area contributed by atoms with Gasteiger partial charge in [-0.25, -0.2) is 13.6 Å². The van der Waals surface area contributed by atoms with Crippen molar-refractivity contribution >= 4 is 11.9 Å². The highest BCUT2D eigenvalue weighted by atomic mass is 19.1. The van der Waals surface area contributed by atoms with Gasteiger partial charge in [0.1, 0.15) is 11.6 Å². The Kier molecular flexibility index (Phi) is 4.81. The van der Waals surface area contributed by atoms with E-state index in [4.69, 9.17) is 4.74 Å². The van der Waals surface area contributed by atoms with Crippen LogP contribution in [0.25, 0.3) is 0 Å². The first kappa shape index (κ1) is 16.1. The molecule has 0 spiro atoms. The second-order valence-electron chi connectivity index (χ2n) is 5.44. The summed E-state index contributed by atoms with van der Waals surface area (Å²) in [7, 11) is 0. The molecule has 0 heterocycles. The van der Waals surface area contributed by atoms with Crippen LogP contribution in [0.2, 0.25) is 0 Å². The SMILES string of the molecule is C[C@@H](OC(=O)c1cc(F)cc(F)c1)C(=O)NC(C)(C)C. The van der Waals surface area contributed by atoms with E-state index in [1.807, 2.05) is 0 Å². The number of hydrogen-bond acceptors (Lipinski definition) is 3. The molecule has 0 aliphatic rings. The van der Waals surface area contributed by atoms with E-state index in [0.717, 1.165) is 12.1 Å². The van der Waals surface area contributed by atoms with Crippen molar-refractivity contribution < 1.29 is 23.1 Å². The van der Waals surface area contributed by atoms with Gasteiger partial charge in [-0.1, -0.05) is 0 Å². The van der Waals surface area contributed by atoms with Gasteiger partial charge >= 0.3 is 5.97 Å². The van der Waals surface area contributed by atoms with Gasteiger partial charge in [-0.3, -0.25) is 4.79 Å². The number of nitrogens with one attached hydrogen (secondary N) is 1. The van der Waals surface area contributed by atoms with E-state index in [1.165, 1.54) is 6.92 Å². The summed E-state index contributed by atoms with van der Waals surface area (Å²) < 4.78 is 30.8. The molecule has 1 atom stereocenters. The molecule has 1 amide bonds. The number of rotatable bonds is 3. The fourth-order valence-corrected chi connectivity index (χ4v) is 1.43. The smallest absolute Gasteiger partial charge is 0.339 e. The molecule has 0 unspecified atom stereocenters. The minimum absolute atomic E-state index is 0.280. The largest absolute Gasteiger partial charge is 0.449 e. The molecule has 0 saturated carbocycles. The van der Waals surface area contributed by atoms with Crippen molar-refractivity contribution in [2.24, 2.45) is 0 Å². The third kappa shape index (κ3) is 4.95. The monoisotopic (exact) mass is 285 g/mol. The minimum atomic E-state index is -1.06. The van der Waals surface area contributed by atoms with E-state index in [2.05, 4.69) is 5.32 Å². The Labute approximate surface area is 116 Å². The van der Waals surface area contributed by atoms with Crippen LogP contribution in [0.5, 0.6) is 0 Å². The number of amides is 1. The standard InChI is InChI=1S/C14H17F2NO3/c1-8(12(18)17-14(2,3)4)20-13(19)9-5-10(15)7-11(16)6-9/h5-8H,1-4H3,(H,17,18)/t8-/m1/s1. The molecule has 0 bridgehead atoms. The lowest BCUT2D eigenvalue weighted by atomic mass is 10.1. The Morgan fingerprint density at radius 1 is 1.15 bits per heavy atom. The summed E-state index contributed by atoms with van der Waals surface area (Å²) in [6, 6.07) is 2.34. The average Bonchev–Trinajstić information content (AvgIpc) is 2.25. The molecule has 0 saturated heterocycles. The lowest BCUT2D eigenvalue weighted by molar-refractivity contribution is -0.130. The number of benzene rings is 1. The van der Waals surface area contributed by atoms with Gasteiger partial charge in [0.05, 0.1) is 5.56 Å². The van der Waals surface area contributed by atoms with Crippen LogP contribution in [0.15, 0.2) is 18.2 Å². The maximum Gasteiger partial charge on any atom is 0.339 e. The van der Waals surface area contributed by atoms with Gasteiger partial charge in [0, 0.05) is 11.6 Å². The van der Waals surface area contributed by atoms with Gasteiger partial charge in [0.25, 0.3) is 5.91 Å². The molecule has 0 aliphatic carbocycles. The maximum absolute atomic E-state index is 13.0. The molecule has 1 N–H and O–H groups in total. The molecule has 4 nitrogen and oxygen atoms in total. The maximum atomic E-state index is 13.0. The van der Waals surface area contributed by atoms with E-state index in [0.29, 0.717) is 6.07 Å². The van der Waals surface area contributed by atoms with Crippen molar-refractivity contribution in [2.45, 2.75) is 39.3 Å². The van der Waals surface area contributed by atoms with Gasteiger partial charge < -0.3 is 10.1 Å². The van der Waals surface area contributed by atoms with Crippen molar-refractivity contribution in [1.82, 2.24) is 5.32 Å². The summed E-state index contributed by atoms with van der Waals surface area (Å²) in [5, 5.41) is 2.63. The topological polar surface area (TPSA) is 55.4 Å². The van der Waals surface area contributed by atoms with Crippen molar-refractivity contribution in [1.29, 1.82) is 0 Å². The van der Waals surface area contributed by atoms with Crippen LogP contribution in [0.1, 0.15) is 38.1 Å². The van der Waals surface area contributed by atoms with Crippen molar-refractivity contribution in [3.8, 4) is 0 Å². The molecule has 0 aromatic heterocycles. The fourth-order valence-electron chi connectivity index (χ4n) is 1.43. The van der Waals surface area contributed by atoms with Crippen LogP contribution in [0, 0.1) is 11.6 Å². The van der Waals surface area contributed by atoms with Crippen LogP contribution in [-0.4, -0.2) is 23.5 Å². The fraction of sp³-hybridized carbons (Fsp3) is 0.429. The molecule has 1 aromatic carbocycles. The third-order valence-electron chi connectivity index (χ3n) is 2.25. The molecule has 0 radical (unpaired) electrons. The van der Waals surface area contributed by atoms with Crippen LogP contribution in [0.3, 0.4) is 0 Å². The van der Waals surface area contributed by atoms with E-state index in [-0.39, 0.29) is 5.56 Å². The summed E-state index contributed by atoms with van der Waals surface area (Å²) in [4.78, 5) is 23.4. The van der Waals surface area contributed by atoms with Crippen LogP contribution < -0.4 is 5.32 Å². The first-order chi connectivity index (χ1) is 9.08. The summed E-state index contributed by atoms with van der Waals surface area (Å²) in [5.41, 5.74) is -0.749. The number of halogens is 2. The Morgan fingerprint density at radius 3 is 2.10 bits per heavy atom. The number of carbonyl (C=O) groups excluding carboxylic acids is 2. The van der Waals surface area contributed by atoms with Gasteiger partial charge in [-0.15, -0.1) is 0 Å². The molecule has 1 aromatic rings. The number of carbonyl (C=O) groups is 2. The Balaban J connectivity index is 2.72. The molecular weight excluding hydrogens is 268 g/mol. The summed E-state index contributed by atoms with van der Waals surface area (Å²) in [6.07, 6.45) is -1.06. The Hall–Kier alpha value is -1.98. The first-order valence-electron chi connectivity index (χ1n) is 6.07. The van der Waals surface area contributed by atoms with Crippen molar-refractivity contribution in [2.75, 3.05) is 0 Å². The highest BCUT2D eigenvalue weighted by Crippen LogP contribution is 2.11. The number of ether oxygens (including phenoxy) is 1. The van der Waals surface area contributed by atoms with E-state index < -0.39 is 35.2 Å². The zero-order valence-electron chi connectivity index (χ0n) is 11.8. The number of esters is 1. The highest BCUT2D eigenvalue weighted by molar-refractivity contribution is 5.92. The quantitative estimate of drug-likeness (QED) is 0.868. The highest BCUT2D eigenvalue weighted by Gasteiger charge is 2.23. The third-order valence-corrected chi connectivity index (χ3v) is 2.25. The number of hydrogen-bond donors (Lipinski definition) is 1. The van der Waals surface area contributed by atoms with Gasteiger partial charge in [0.2, 0.25) is 0 Å². The van der Waals surface area contributed by atoms with Crippen molar-refractivity contribution in [3.63, 3.8) is 0 Å². The van der Waals surface area contributed by atoms with Gasteiger partial charge in [-0.05, 0) is 39.8 Å². The van der Waals surface area contributed by atoms with Crippen LogP contribution in [0.4, 0.5) is 8.78 Å². The molecule has 1 rings (SSSR count). The zero-order chi connectivity index (χ0) is 15.5. The van der Waals surface area contributed by atoms with Gasteiger partial charge in [-0.2, -0.15) is 0 Å². The lowest BCUT2D eigenvalue weighted by Gasteiger charge is -2.23. The molecule has 6 heteroatoms. The lowest BCUT2D eigenvalue weighted by Crippen LogP contribution is -2.46. The second-order valence-corrected chi connectivity index (χ2v) is 5.44. The first-order valence-corrected chi connectivity index (χ1v) is 6.07. The Bertz CT molecular complexity index is 503. The molecule has 0 aliphatic heterocycles. The molecule has 20 heavy (non-hydrogen) atoms. The van der Waals surface area contributed by atoms with E-state index >= 15 is 0 Å². The van der Waals surface area contributed by atoms with E-state index in [9.17, 15) is 18.4 Å². The predicted molar refractivity (Wildman–Crippen MR) is 69.1 cm³/mol. The molecule has 0 fully saturated rings. The predicted octanol–water partition coefficient (Wildman–Crippen LogP) is 2.42. The van der Waals surface area contributed by atoms with Crippen molar-refractivity contribution in [3.05, 3.63) is 35.4 Å². The second kappa shape index (κ2) is 5.98. The summed E-state index contributed by atoms with van der Waals surface area (Å²) >= 11 is 0. The molecular formula is C14H17F2NO3. The average molecular weight is 285 g/mol. The Morgan fingerprint density at radius 2 is 1.65 bits per heavy atom. The normalized spacial score (nSPS) is 12.7. The van der Waals surface area contributed by atoms with Crippen LogP contribution >= 0.6 is 0 Å². The summed E-state index contributed by atoms with van der Waals surface area (Å²) in [6.45, 7) is 6.72. The van der Waals surface area contributed by atoms with Crippen LogP contribution in [-0.2, 0) is 9.53 Å². The zero-order valence-corrected chi connectivity index (χ0v) is 11.8. The molecule has 110 valence electrons. The minimum Gasteiger partial charge on any atom is -0.449 e. The van der Waals surface area contributed by atoms with E-state index in [1.54, 1.807) is 20.8 Å². The summed E-state index contributed by atoms with van der Waals surface area (Å²) in [5.74, 6) is -3.21. The van der Waals surface area contributed by atoms with Gasteiger partial charge in [0.15, 0.2) is 6.10 Å².